The van der Waals surface area contributed by atoms with Crippen LogP contribution in [0.2, 0.25) is 0 Å². The van der Waals surface area contributed by atoms with Gasteiger partial charge in [0.2, 0.25) is 5.76 Å². The Morgan fingerprint density at radius 3 is 2.83 bits per heavy atom. The molecule has 1 aromatic heterocycles. The van der Waals surface area contributed by atoms with Crippen LogP contribution < -0.4 is 4.74 Å². The number of methoxy groups -OCH3 is 1. The quantitative estimate of drug-likeness (QED) is 0.614. The lowest BCUT2D eigenvalue weighted by Gasteiger charge is -2.01. The number of benzene rings is 1. The SMILES string of the molecule is COc1ccc2c(N=CN(C)C)c(C#N)oc2c1. The summed E-state index contributed by atoms with van der Waals surface area (Å²) in [4.78, 5) is 6.06. The molecular formula is C13H13N3O2. The first-order chi connectivity index (χ1) is 8.65. The minimum Gasteiger partial charge on any atom is -0.497 e. The Labute approximate surface area is 105 Å². The molecule has 2 rings (SSSR count). The summed E-state index contributed by atoms with van der Waals surface area (Å²) in [6.45, 7) is 0. The number of ether oxygens (including phenoxy) is 1. The molecule has 0 spiro atoms. The van der Waals surface area contributed by atoms with Crippen molar-refractivity contribution in [2.24, 2.45) is 4.99 Å². The van der Waals surface area contributed by atoms with Crippen LogP contribution in [0.1, 0.15) is 5.76 Å². The smallest absolute Gasteiger partial charge is 0.230 e. The highest BCUT2D eigenvalue weighted by Crippen LogP contribution is 2.34. The Kier molecular flexibility index (Phi) is 3.20. The average molecular weight is 243 g/mol. The fraction of sp³-hybridized carbons (Fsp3) is 0.231. The van der Waals surface area contributed by atoms with Gasteiger partial charge in [0.05, 0.1) is 13.4 Å². The van der Waals surface area contributed by atoms with Crippen molar-refractivity contribution in [2.45, 2.75) is 0 Å². The molecule has 1 heterocycles. The van der Waals surface area contributed by atoms with Gasteiger partial charge >= 0.3 is 0 Å². The van der Waals surface area contributed by atoms with E-state index in [-0.39, 0.29) is 5.76 Å². The maximum atomic E-state index is 9.05. The van der Waals surface area contributed by atoms with E-state index in [1.807, 2.05) is 32.3 Å². The maximum Gasteiger partial charge on any atom is 0.230 e. The highest BCUT2D eigenvalue weighted by molar-refractivity contribution is 5.94. The van der Waals surface area contributed by atoms with Crippen molar-refractivity contribution in [3.63, 3.8) is 0 Å². The predicted molar refractivity (Wildman–Crippen MR) is 69.3 cm³/mol. The van der Waals surface area contributed by atoms with Crippen molar-refractivity contribution in [3.8, 4) is 11.8 Å². The molecule has 2 aromatic rings. The highest BCUT2D eigenvalue weighted by atomic mass is 16.5. The van der Waals surface area contributed by atoms with Crippen LogP contribution in [0.3, 0.4) is 0 Å². The molecule has 5 nitrogen and oxygen atoms in total. The normalized spacial score (nSPS) is 10.8. The zero-order valence-electron chi connectivity index (χ0n) is 10.5. The molecule has 0 bridgehead atoms. The number of furan rings is 1. The fourth-order valence-corrected chi connectivity index (χ4v) is 1.57. The zero-order valence-corrected chi connectivity index (χ0v) is 10.5. The van der Waals surface area contributed by atoms with Crippen LogP contribution in [0.15, 0.2) is 27.6 Å². The van der Waals surface area contributed by atoms with Gasteiger partial charge in [0.15, 0.2) is 0 Å². The molecule has 0 saturated heterocycles. The van der Waals surface area contributed by atoms with Crippen molar-refractivity contribution >= 4 is 23.0 Å². The molecule has 1 aromatic carbocycles. The number of nitriles is 1. The Balaban J connectivity index is 2.60. The summed E-state index contributed by atoms with van der Waals surface area (Å²) in [5.41, 5.74) is 1.14. The topological polar surface area (TPSA) is 61.8 Å². The van der Waals surface area contributed by atoms with Crippen LogP contribution in [0.4, 0.5) is 5.69 Å². The fourth-order valence-electron chi connectivity index (χ4n) is 1.57. The predicted octanol–water partition coefficient (Wildman–Crippen LogP) is 2.53. The summed E-state index contributed by atoms with van der Waals surface area (Å²) in [7, 11) is 5.31. The van der Waals surface area contributed by atoms with E-state index in [4.69, 9.17) is 14.4 Å². The molecule has 0 fully saturated rings. The molecule has 0 unspecified atom stereocenters. The second kappa shape index (κ2) is 4.80. The lowest BCUT2D eigenvalue weighted by Crippen LogP contribution is -2.06. The van der Waals surface area contributed by atoms with Crippen molar-refractivity contribution in [1.29, 1.82) is 5.26 Å². The number of aliphatic imine (C=N–C) groups is 1. The summed E-state index contributed by atoms with van der Waals surface area (Å²) >= 11 is 0. The molecule has 92 valence electrons. The van der Waals surface area contributed by atoms with Gasteiger partial charge in [-0.3, -0.25) is 0 Å². The second-order valence-corrected chi connectivity index (χ2v) is 3.96. The van der Waals surface area contributed by atoms with Crippen LogP contribution in [0.25, 0.3) is 11.0 Å². The monoisotopic (exact) mass is 243 g/mol. The van der Waals surface area contributed by atoms with Crippen molar-refractivity contribution < 1.29 is 9.15 Å². The molecule has 0 aliphatic heterocycles. The van der Waals surface area contributed by atoms with Gasteiger partial charge in [-0.2, -0.15) is 5.26 Å². The summed E-state index contributed by atoms with van der Waals surface area (Å²) in [5.74, 6) is 0.889. The van der Waals surface area contributed by atoms with Gasteiger partial charge in [0, 0.05) is 25.5 Å². The summed E-state index contributed by atoms with van der Waals surface area (Å²) in [6.07, 6.45) is 1.63. The van der Waals surface area contributed by atoms with Crippen LogP contribution >= 0.6 is 0 Å². The Morgan fingerprint density at radius 1 is 1.44 bits per heavy atom. The first-order valence-electron chi connectivity index (χ1n) is 5.37. The van der Waals surface area contributed by atoms with E-state index in [2.05, 4.69) is 4.99 Å². The Bertz CT molecular complexity index is 635. The van der Waals surface area contributed by atoms with E-state index in [0.717, 1.165) is 5.39 Å². The largest absolute Gasteiger partial charge is 0.497 e. The van der Waals surface area contributed by atoms with Gasteiger partial charge in [-0.15, -0.1) is 0 Å². The van der Waals surface area contributed by atoms with Gasteiger partial charge < -0.3 is 14.1 Å². The van der Waals surface area contributed by atoms with Crippen LogP contribution in [0.5, 0.6) is 5.75 Å². The first kappa shape index (κ1) is 12.0. The van der Waals surface area contributed by atoms with Gasteiger partial charge in [-0.1, -0.05) is 0 Å². The highest BCUT2D eigenvalue weighted by Gasteiger charge is 2.13. The Morgan fingerprint density at radius 2 is 2.22 bits per heavy atom. The lowest BCUT2D eigenvalue weighted by atomic mass is 10.2. The van der Waals surface area contributed by atoms with E-state index < -0.39 is 0 Å². The molecule has 18 heavy (non-hydrogen) atoms. The molecule has 0 aliphatic carbocycles. The van der Waals surface area contributed by atoms with Gasteiger partial charge in [-0.25, -0.2) is 4.99 Å². The lowest BCUT2D eigenvalue weighted by molar-refractivity contribution is 0.414. The Hall–Kier alpha value is -2.48. The van der Waals surface area contributed by atoms with E-state index in [9.17, 15) is 0 Å². The van der Waals surface area contributed by atoms with Crippen molar-refractivity contribution in [2.75, 3.05) is 21.2 Å². The third-order valence-corrected chi connectivity index (χ3v) is 2.39. The second-order valence-electron chi connectivity index (χ2n) is 3.96. The van der Waals surface area contributed by atoms with Crippen molar-refractivity contribution in [1.82, 2.24) is 4.90 Å². The summed E-state index contributed by atoms with van der Waals surface area (Å²) in [5, 5.41) is 9.85. The molecular weight excluding hydrogens is 230 g/mol. The molecule has 0 saturated carbocycles. The van der Waals surface area contributed by atoms with E-state index >= 15 is 0 Å². The number of fused-ring (bicyclic) bond motifs is 1. The third-order valence-electron chi connectivity index (χ3n) is 2.39. The van der Waals surface area contributed by atoms with Gasteiger partial charge in [-0.05, 0) is 12.1 Å². The number of rotatable bonds is 3. The number of hydrogen-bond donors (Lipinski definition) is 0. The van der Waals surface area contributed by atoms with E-state index in [0.29, 0.717) is 17.0 Å². The number of nitrogens with zero attached hydrogens (tertiary/aromatic N) is 3. The van der Waals surface area contributed by atoms with Gasteiger partial charge in [0.1, 0.15) is 23.1 Å². The van der Waals surface area contributed by atoms with Crippen LogP contribution in [0, 0.1) is 11.3 Å². The molecule has 0 aliphatic rings. The molecule has 0 radical (unpaired) electrons. The minimum atomic E-state index is 0.205. The maximum absolute atomic E-state index is 9.05. The van der Waals surface area contributed by atoms with Crippen LogP contribution in [-0.4, -0.2) is 32.4 Å². The van der Waals surface area contributed by atoms with E-state index in [1.54, 1.807) is 24.4 Å². The van der Waals surface area contributed by atoms with Gasteiger partial charge in [0.25, 0.3) is 0 Å². The summed E-state index contributed by atoms with van der Waals surface area (Å²) < 4.78 is 10.6. The van der Waals surface area contributed by atoms with Crippen molar-refractivity contribution in [3.05, 3.63) is 24.0 Å². The van der Waals surface area contributed by atoms with Crippen LogP contribution in [-0.2, 0) is 0 Å². The number of hydrogen-bond acceptors (Lipinski definition) is 4. The van der Waals surface area contributed by atoms with E-state index in [1.165, 1.54) is 0 Å². The summed E-state index contributed by atoms with van der Waals surface area (Å²) in [6, 6.07) is 7.39. The standard InChI is InChI=1S/C13H13N3O2/c1-16(2)8-15-13-10-5-4-9(17-3)6-11(10)18-12(13)7-14/h4-6,8H,1-3H3. The third kappa shape index (κ3) is 2.13. The minimum absolute atomic E-state index is 0.205. The molecule has 0 amide bonds. The first-order valence-corrected chi connectivity index (χ1v) is 5.37. The molecule has 5 heteroatoms. The molecule has 0 atom stereocenters. The molecule has 0 N–H and O–H groups in total. The zero-order chi connectivity index (χ0) is 13.1. The average Bonchev–Trinajstić information content (AvgIpc) is 2.72.